The topological polar surface area (TPSA) is 106 Å². The number of rotatable bonds is 7. The SMILES string of the molecule is CN(C)S(=O)(=O)c1cc(NC(=O)COC(=O)Cc2coc3cc4c(cc23)CCC4)ccc1Cl. The molecule has 10 heteroatoms. The molecule has 1 N–H and O–H groups in total. The first-order chi connectivity index (χ1) is 15.6. The lowest BCUT2D eigenvalue weighted by atomic mass is 10.0. The molecular weight excluding hydrogens is 468 g/mol. The molecule has 1 aromatic heterocycles. The van der Waals surface area contributed by atoms with Crippen molar-refractivity contribution in [1.82, 2.24) is 4.31 Å². The zero-order valence-corrected chi connectivity index (χ0v) is 19.8. The Morgan fingerprint density at radius 1 is 1.15 bits per heavy atom. The fourth-order valence-electron chi connectivity index (χ4n) is 3.81. The number of ether oxygens (including phenoxy) is 1. The maximum atomic E-state index is 12.4. The quantitative estimate of drug-likeness (QED) is 0.508. The first-order valence-electron chi connectivity index (χ1n) is 10.3. The Labute approximate surface area is 196 Å². The van der Waals surface area contributed by atoms with Crippen molar-refractivity contribution in [2.24, 2.45) is 0 Å². The third-order valence-electron chi connectivity index (χ3n) is 5.54. The number of nitrogens with zero attached hydrogens (tertiary/aromatic N) is 1. The van der Waals surface area contributed by atoms with Crippen molar-refractivity contribution in [2.75, 3.05) is 26.0 Å². The number of hydrogen-bond acceptors (Lipinski definition) is 6. The van der Waals surface area contributed by atoms with Crippen LogP contribution in [-0.4, -0.2) is 45.3 Å². The van der Waals surface area contributed by atoms with Gasteiger partial charge >= 0.3 is 5.97 Å². The predicted molar refractivity (Wildman–Crippen MR) is 124 cm³/mol. The molecule has 2 aromatic carbocycles. The first kappa shape index (κ1) is 23.3. The monoisotopic (exact) mass is 490 g/mol. The first-order valence-corrected chi connectivity index (χ1v) is 12.2. The second-order valence-electron chi connectivity index (χ2n) is 8.05. The van der Waals surface area contributed by atoms with Gasteiger partial charge in [0.2, 0.25) is 10.0 Å². The smallest absolute Gasteiger partial charge is 0.310 e. The lowest BCUT2D eigenvalue weighted by molar-refractivity contribution is -0.146. The Hall–Kier alpha value is -2.88. The summed E-state index contributed by atoms with van der Waals surface area (Å²) < 4.78 is 36.5. The average Bonchev–Trinajstić information content (AvgIpc) is 3.38. The Balaban J connectivity index is 1.37. The number of hydrogen-bond donors (Lipinski definition) is 1. The third kappa shape index (κ3) is 4.90. The van der Waals surface area contributed by atoms with E-state index in [9.17, 15) is 18.0 Å². The van der Waals surface area contributed by atoms with E-state index in [1.165, 1.54) is 43.4 Å². The number of amides is 1. The number of furan rings is 1. The van der Waals surface area contributed by atoms with Crippen LogP contribution in [0, 0.1) is 0 Å². The van der Waals surface area contributed by atoms with E-state index in [0.29, 0.717) is 5.56 Å². The van der Waals surface area contributed by atoms with Gasteiger partial charge in [-0.25, -0.2) is 12.7 Å². The second-order valence-corrected chi connectivity index (χ2v) is 10.6. The number of fused-ring (bicyclic) bond motifs is 2. The van der Waals surface area contributed by atoms with Gasteiger partial charge in [-0.1, -0.05) is 11.6 Å². The number of esters is 1. The Morgan fingerprint density at radius 2 is 1.88 bits per heavy atom. The Kier molecular flexibility index (Phi) is 6.47. The summed E-state index contributed by atoms with van der Waals surface area (Å²) in [5, 5.41) is 3.43. The van der Waals surface area contributed by atoms with Crippen LogP contribution < -0.4 is 5.32 Å². The van der Waals surface area contributed by atoms with Crippen LogP contribution in [0.5, 0.6) is 0 Å². The van der Waals surface area contributed by atoms with Gasteiger partial charge in [-0.2, -0.15) is 0 Å². The summed E-state index contributed by atoms with van der Waals surface area (Å²) in [6.07, 6.45) is 4.69. The van der Waals surface area contributed by atoms with E-state index in [1.807, 2.05) is 6.07 Å². The predicted octanol–water partition coefficient (Wildman–Crippen LogP) is 3.55. The van der Waals surface area contributed by atoms with Gasteiger partial charge in [0.1, 0.15) is 10.5 Å². The maximum Gasteiger partial charge on any atom is 0.310 e. The zero-order chi connectivity index (χ0) is 23.8. The van der Waals surface area contributed by atoms with Gasteiger partial charge in [0, 0.05) is 30.7 Å². The minimum Gasteiger partial charge on any atom is -0.464 e. The average molecular weight is 491 g/mol. The van der Waals surface area contributed by atoms with E-state index in [2.05, 4.69) is 11.4 Å². The molecule has 3 aromatic rings. The van der Waals surface area contributed by atoms with Gasteiger partial charge in [0.15, 0.2) is 6.61 Å². The molecule has 0 radical (unpaired) electrons. The van der Waals surface area contributed by atoms with Crippen LogP contribution in [0.2, 0.25) is 5.02 Å². The van der Waals surface area contributed by atoms with Crippen LogP contribution >= 0.6 is 11.6 Å². The van der Waals surface area contributed by atoms with Gasteiger partial charge in [-0.05, 0) is 60.7 Å². The molecule has 0 spiro atoms. The zero-order valence-electron chi connectivity index (χ0n) is 18.2. The molecule has 1 amide bonds. The highest BCUT2D eigenvalue weighted by Crippen LogP contribution is 2.31. The van der Waals surface area contributed by atoms with E-state index in [4.69, 9.17) is 20.8 Å². The number of aryl methyl sites for hydroxylation is 2. The third-order valence-corrected chi connectivity index (χ3v) is 7.84. The summed E-state index contributed by atoms with van der Waals surface area (Å²) in [7, 11) is -1.02. The van der Waals surface area contributed by atoms with Crippen molar-refractivity contribution in [3.63, 3.8) is 0 Å². The van der Waals surface area contributed by atoms with Gasteiger partial charge in [0.05, 0.1) is 17.7 Å². The van der Waals surface area contributed by atoms with Crippen LogP contribution in [0.25, 0.3) is 11.0 Å². The standard InChI is InChI=1S/C23H23ClN2O6S/c1-26(2)33(29,30)21-11-17(6-7-19(21)24)25-22(27)13-32-23(28)10-16-12-31-20-9-15-5-3-4-14(15)8-18(16)20/h6-9,11-12H,3-5,10,13H2,1-2H3,(H,25,27). The van der Waals surface area contributed by atoms with E-state index >= 15 is 0 Å². The van der Waals surface area contributed by atoms with Crippen LogP contribution in [0.4, 0.5) is 5.69 Å². The van der Waals surface area contributed by atoms with Crippen LogP contribution in [0.1, 0.15) is 23.1 Å². The van der Waals surface area contributed by atoms with Crippen LogP contribution in [-0.2, 0) is 43.6 Å². The second kappa shape index (κ2) is 9.17. The molecule has 0 fully saturated rings. The number of nitrogens with one attached hydrogen (secondary N) is 1. The largest absolute Gasteiger partial charge is 0.464 e. The van der Waals surface area contributed by atoms with Gasteiger partial charge in [-0.15, -0.1) is 0 Å². The number of anilines is 1. The lowest BCUT2D eigenvalue weighted by Gasteiger charge is -2.14. The van der Waals surface area contributed by atoms with E-state index < -0.39 is 28.5 Å². The molecule has 0 aliphatic heterocycles. The van der Waals surface area contributed by atoms with Gasteiger partial charge in [-0.3, -0.25) is 9.59 Å². The summed E-state index contributed by atoms with van der Waals surface area (Å²) in [5.74, 6) is -1.17. The van der Waals surface area contributed by atoms with Gasteiger partial charge < -0.3 is 14.5 Å². The molecule has 1 aliphatic rings. The van der Waals surface area contributed by atoms with Crippen molar-refractivity contribution in [1.29, 1.82) is 0 Å². The lowest BCUT2D eigenvalue weighted by Crippen LogP contribution is -2.24. The molecule has 0 saturated heterocycles. The fourth-order valence-corrected chi connectivity index (χ4v) is 5.20. The summed E-state index contributed by atoms with van der Waals surface area (Å²) in [6.45, 7) is -0.512. The highest BCUT2D eigenvalue weighted by molar-refractivity contribution is 7.89. The molecule has 0 bridgehead atoms. The highest BCUT2D eigenvalue weighted by atomic mass is 35.5. The van der Waals surface area contributed by atoms with Crippen molar-refractivity contribution in [3.8, 4) is 0 Å². The number of carbonyl (C=O) groups is 2. The molecule has 33 heavy (non-hydrogen) atoms. The number of sulfonamides is 1. The van der Waals surface area contributed by atoms with Crippen molar-refractivity contribution in [3.05, 3.63) is 58.3 Å². The van der Waals surface area contributed by atoms with E-state index in [0.717, 1.165) is 34.5 Å². The number of halogens is 1. The molecule has 0 atom stereocenters. The Bertz CT molecular complexity index is 1350. The Morgan fingerprint density at radius 3 is 2.61 bits per heavy atom. The van der Waals surface area contributed by atoms with Crippen molar-refractivity contribution in [2.45, 2.75) is 30.6 Å². The molecule has 0 unspecified atom stereocenters. The summed E-state index contributed by atoms with van der Waals surface area (Å²) in [4.78, 5) is 24.4. The minimum absolute atomic E-state index is 0.0226. The maximum absolute atomic E-state index is 12.4. The van der Waals surface area contributed by atoms with Crippen molar-refractivity contribution < 1.29 is 27.2 Å². The van der Waals surface area contributed by atoms with Crippen LogP contribution in [0.3, 0.4) is 0 Å². The minimum atomic E-state index is -3.79. The molecule has 8 nitrogen and oxygen atoms in total. The molecule has 4 rings (SSSR count). The molecule has 1 aliphatic carbocycles. The molecular formula is C23H23ClN2O6S. The summed E-state index contributed by atoms with van der Waals surface area (Å²) >= 11 is 6.01. The normalized spacial score (nSPS) is 13.3. The van der Waals surface area contributed by atoms with Crippen molar-refractivity contribution >= 4 is 50.2 Å². The van der Waals surface area contributed by atoms with Gasteiger partial charge in [0.25, 0.3) is 5.91 Å². The molecule has 174 valence electrons. The van der Waals surface area contributed by atoms with E-state index in [-0.39, 0.29) is 22.0 Å². The number of carbonyl (C=O) groups excluding carboxylic acids is 2. The summed E-state index contributed by atoms with van der Waals surface area (Å²) in [5.41, 5.74) is 4.22. The van der Waals surface area contributed by atoms with E-state index in [1.54, 1.807) is 6.26 Å². The summed E-state index contributed by atoms with van der Waals surface area (Å²) in [6, 6.07) is 8.19. The molecule has 1 heterocycles. The fraction of sp³-hybridized carbons (Fsp3) is 0.304. The highest BCUT2D eigenvalue weighted by Gasteiger charge is 2.22. The number of benzene rings is 2. The molecule has 0 saturated carbocycles. The van der Waals surface area contributed by atoms with Crippen LogP contribution in [0.15, 0.2) is 45.9 Å².